The van der Waals surface area contributed by atoms with Crippen LogP contribution >= 0.6 is 15.9 Å². The van der Waals surface area contributed by atoms with Crippen molar-refractivity contribution in [2.75, 3.05) is 13.7 Å². The Kier molecular flexibility index (Phi) is 3.65. The van der Waals surface area contributed by atoms with Crippen LogP contribution in [0.15, 0.2) is 22.8 Å². The van der Waals surface area contributed by atoms with Crippen LogP contribution in [0.25, 0.3) is 0 Å². The molecule has 0 radical (unpaired) electrons. The largest absolute Gasteiger partial charge is 0.394 e. The smallest absolute Gasteiger partial charge is 0.0727 e. The minimum atomic E-state index is -0.0810. The van der Waals surface area contributed by atoms with E-state index in [0.717, 1.165) is 10.2 Å². The van der Waals surface area contributed by atoms with Gasteiger partial charge in [0.2, 0.25) is 0 Å². The molecular weight excluding hydrogens is 220 g/mol. The van der Waals surface area contributed by atoms with E-state index < -0.39 is 0 Å². The minimum absolute atomic E-state index is 0.0555. The first-order valence-electron chi connectivity index (χ1n) is 3.67. The molecule has 66 valence electrons. The molecule has 0 saturated heterocycles. The van der Waals surface area contributed by atoms with Crippen molar-refractivity contribution in [1.29, 1.82) is 0 Å². The number of nitrogens with one attached hydrogen (secondary N) is 1. The van der Waals surface area contributed by atoms with Crippen LogP contribution in [-0.4, -0.2) is 23.7 Å². The summed E-state index contributed by atoms with van der Waals surface area (Å²) in [5.74, 6) is 0. The molecule has 0 amide bonds. The Morgan fingerprint density at radius 3 is 3.00 bits per heavy atom. The zero-order chi connectivity index (χ0) is 8.97. The second-order valence-corrected chi connectivity index (χ2v) is 3.34. The van der Waals surface area contributed by atoms with Crippen LogP contribution in [0.1, 0.15) is 11.7 Å². The van der Waals surface area contributed by atoms with Gasteiger partial charge in [-0.3, -0.25) is 4.98 Å². The van der Waals surface area contributed by atoms with Crippen LogP contribution in [0.3, 0.4) is 0 Å². The third kappa shape index (κ3) is 2.27. The Bertz CT molecular complexity index is 251. The maximum Gasteiger partial charge on any atom is 0.0727 e. The van der Waals surface area contributed by atoms with E-state index >= 15 is 0 Å². The van der Waals surface area contributed by atoms with Crippen LogP contribution in [-0.2, 0) is 0 Å². The van der Waals surface area contributed by atoms with Gasteiger partial charge in [0.25, 0.3) is 0 Å². The number of pyridine rings is 1. The highest BCUT2D eigenvalue weighted by atomic mass is 79.9. The molecule has 1 aromatic rings. The average Bonchev–Trinajstić information content (AvgIpc) is 2.07. The molecule has 12 heavy (non-hydrogen) atoms. The number of likely N-dealkylation sites (N-methyl/N-ethyl adjacent to an activating group) is 1. The molecule has 0 aliphatic rings. The van der Waals surface area contributed by atoms with Crippen molar-refractivity contribution >= 4 is 15.9 Å². The fourth-order valence-corrected chi connectivity index (χ4v) is 1.30. The highest BCUT2D eigenvalue weighted by Crippen LogP contribution is 2.14. The maximum absolute atomic E-state index is 8.95. The summed E-state index contributed by atoms with van der Waals surface area (Å²) < 4.78 is 0.973. The molecule has 0 saturated carbocycles. The van der Waals surface area contributed by atoms with E-state index in [-0.39, 0.29) is 12.6 Å². The Morgan fingerprint density at radius 1 is 1.75 bits per heavy atom. The number of halogens is 1. The maximum atomic E-state index is 8.95. The van der Waals surface area contributed by atoms with Gasteiger partial charge in [-0.2, -0.15) is 0 Å². The molecule has 1 heterocycles. The molecule has 0 bridgehead atoms. The second-order valence-electron chi connectivity index (χ2n) is 2.42. The zero-order valence-corrected chi connectivity index (χ0v) is 8.37. The first-order valence-corrected chi connectivity index (χ1v) is 4.46. The standard InChI is InChI=1S/C8H11BrN2O/c1-10-8(5-12)7-4-6(9)2-3-11-7/h2-4,8,10,12H,5H2,1H3/t8-/m1/s1. The molecule has 1 aromatic heterocycles. The fourth-order valence-electron chi connectivity index (χ4n) is 0.944. The zero-order valence-electron chi connectivity index (χ0n) is 6.79. The molecule has 3 nitrogen and oxygen atoms in total. The van der Waals surface area contributed by atoms with E-state index in [1.54, 1.807) is 13.2 Å². The van der Waals surface area contributed by atoms with Crippen LogP contribution in [0, 0.1) is 0 Å². The van der Waals surface area contributed by atoms with Gasteiger partial charge in [0.05, 0.1) is 18.3 Å². The van der Waals surface area contributed by atoms with Crippen molar-refractivity contribution in [3.05, 3.63) is 28.5 Å². The van der Waals surface area contributed by atoms with Gasteiger partial charge in [-0.15, -0.1) is 0 Å². The predicted molar refractivity (Wildman–Crippen MR) is 50.8 cm³/mol. The summed E-state index contributed by atoms with van der Waals surface area (Å²) in [6.07, 6.45) is 1.71. The number of rotatable bonds is 3. The summed E-state index contributed by atoms with van der Waals surface area (Å²) in [4.78, 5) is 4.13. The monoisotopic (exact) mass is 230 g/mol. The fraction of sp³-hybridized carbons (Fsp3) is 0.375. The van der Waals surface area contributed by atoms with E-state index in [1.807, 2.05) is 12.1 Å². The van der Waals surface area contributed by atoms with Crippen molar-refractivity contribution in [3.63, 3.8) is 0 Å². The van der Waals surface area contributed by atoms with E-state index in [0.29, 0.717) is 0 Å². The molecule has 0 unspecified atom stereocenters. The lowest BCUT2D eigenvalue weighted by atomic mass is 10.2. The number of aromatic nitrogens is 1. The molecule has 0 aromatic carbocycles. The summed E-state index contributed by atoms with van der Waals surface area (Å²) in [7, 11) is 1.80. The second kappa shape index (κ2) is 4.54. The molecule has 4 heteroatoms. The van der Waals surface area contributed by atoms with Crippen molar-refractivity contribution in [3.8, 4) is 0 Å². The quantitative estimate of drug-likeness (QED) is 0.818. The van der Waals surface area contributed by atoms with Gasteiger partial charge in [-0.05, 0) is 19.2 Å². The molecule has 2 N–H and O–H groups in total. The van der Waals surface area contributed by atoms with E-state index in [2.05, 4.69) is 26.2 Å². The Labute approximate surface area is 80.0 Å². The van der Waals surface area contributed by atoms with Crippen LogP contribution < -0.4 is 5.32 Å². The summed E-state index contributed by atoms with van der Waals surface area (Å²) >= 11 is 3.34. The number of hydrogen-bond acceptors (Lipinski definition) is 3. The minimum Gasteiger partial charge on any atom is -0.394 e. The van der Waals surface area contributed by atoms with Crippen molar-refractivity contribution in [2.24, 2.45) is 0 Å². The van der Waals surface area contributed by atoms with Gasteiger partial charge in [0.1, 0.15) is 0 Å². The van der Waals surface area contributed by atoms with Gasteiger partial charge < -0.3 is 10.4 Å². The lowest BCUT2D eigenvalue weighted by Crippen LogP contribution is -2.20. The van der Waals surface area contributed by atoms with Crippen molar-refractivity contribution < 1.29 is 5.11 Å². The van der Waals surface area contributed by atoms with E-state index in [9.17, 15) is 0 Å². The van der Waals surface area contributed by atoms with Gasteiger partial charge in [0.15, 0.2) is 0 Å². The molecule has 0 fully saturated rings. The first-order chi connectivity index (χ1) is 5.77. The third-order valence-electron chi connectivity index (χ3n) is 1.63. The summed E-state index contributed by atoms with van der Waals surface area (Å²) in [6, 6.07) is 3.66. The lowest BCUT2D eigenvalue weighted by molar-refractivity contribution is 0.248. The summed E-state index contributed by atoms with van der Waals surface area (Å²) in [5, 5.41) is 11.9. The SMILES string of the molecule is CN[C@H](CO)c1cc(Br)ccn1. The van der Waals surface area contributed by atoms with Crippen LogP contribution in [0.4, 0.5) is 0 Å². The van der Waals surface area contributed by atoms with E-state index in [4.69, 9.17) is 5.11 Å². The summed E-state index contributed by atoms with van der Waals surface area (Å²) in [5.41, 5.74) is 0.842. The Balaban J connectivity index is 2.85. The number of aliphatic hydroxyl groups excluding tert-OH is 1. The van der Waals surface area contributed by atoms with Crippen LogP contribution in [0.5, 0.6) is 0 Å². The van der Waals surface area contributed by atoms with Crippen LogP contribution in [0.2, 0.25) is 0 Å². The molecule has 1 rings (SSSR count). The number of hydrogen-bond donors (Lipinski definition) is 2. The predicted octanol–water partition coefficient (Wildman–Crippen LogP) is 1.10. The molecule has 0 aliphatic carbocycles. The number of aliphatic hydroxyl groups is 1. The van der Waals surface area contributed by atoms with E-state index in [1.165, 1.54) is 0 Å². The summed E-state index contributed by atoms with van der Waals surface area (Å²) in [6.45, 7) is 0.0555. The van der Waals surface area contributed by atoms with Crippen molar-refractivity contribution in [2.45, 2.75) is 6.04 Å². The normalized spacial score (nSPS) is 12.9. The van der Waals surface area contributed by atoms with Gasteiger partial charge in [0, 0.05) is 10.7 Å². The third-order valence-corrected chi connectivity index (χ3v) is 2.12. The molecule has 0 spiro atoms. The first kappa shape index (κ1) is 9.64. The Hall–Kier alpha value is -0.450. The highest BCUT2D eigenvalue weighted by molar-refractivity contribution is 9.10. The Morgan fingerprint density at radius 2 is 2.50 bits per heavy atom. The van der Waals surface area contributed by atoms with Crippen molar-refractivity contribution in [1.82, 2.24) is 10.3 Å². The lowest BCUT2D eigenvalue weighted by Gasteiger charge is -2.11. The molecule has 1 atom stereocenters. The average molecular weight is 231 g/mol. The van der Waals surface area contributed by atoms with Gasteiger partial charge in [-0.25, -0.2) is 0 Å². The van der Waals surface area contributed by atoms with Gasteiger partial charge in [-0.1, -0.05) is 15.9 Å². The molecular formula is C8H11BrN2O. The highest BCUT2D eigenvalue weighted by Gasteiger charge is 2.08. The van der Waals surface area contributed by atoms with Gasteiger partial charge >= 0.3 is 0 Å². The number of nitrogens with zero attached hydrogens (tertiary/aromatic N) is 1. The topological polar surface area (TPSA) is 45.1 Å². The molecule has 0 aliphatic heterocycles.